The molecule has 5 fully saturated rings. The van der Waals surface area contributed by atoms with Gasteiger partial charge in [-0.3, -0.25) is 32.5 Å². The molecule has 31 heteroatoms. The lowest BCUT2D eigenvalue weighted by Crippen LogP contribution is -2.62. The number of ether oxygens (including phenoxy) is 1. The monoisotopic (exact) mass is 1200 g/mol. The summed E-state index contributed by atoms with van der Waals surface area (Å²) < 4.78 is 62.8. The van der Waals surface area contributed by atoms with Crippen molar-refractivity contribution in [1.29, 1.82) is 0 Å². The fourth-order valence-electron chi connectivity index (χ4n) is 13.6. The van der Waals surface area contributed by atoms with E-state index in [1.807, 2.05) is 6.92 Å². The predicted molar refractivity (Wildman–Crippen MR) is 283 cm³/mol. The second-order valence-corrected chi connectivity index (χ2v) is 28.9. The number of amides is 2. The Morgan fingerprint density at radius 2 is 1.65 bits per heavy atom. The number of aromatic nitrogens is 4. The fraction of sp³-hybridized carbons (Fsp3) is 0.833. The molecule has 79 heavy (non-hydrogen) atoms. The molecule has 5 aliphatic rings. The van der Waals surface area contributed by atoms with Crippen LogP contribution in [0.3, 0.4) is 0 Å². The molecule has 0 spiro atoms. The van der Waals surface area contributed by atoms with Crippen LogP contribution in [-0.4, -0.2) is 156 Å². The summed E-state index contributed by atoms with van der Waals surface area (Å²) in [5, 5.41) is 60.8. The van der Waals surface area contributed by atoms with Crippen LogP contribution in [0, 0.1) is 57.7 Å². The summed E-state index contributed by atoms with van der Waals surface area (Å²) in [7, 11) is -16.5. The van der Waals surface area contributed by atoms with Crippen LogP contribution in [0.15, 0.2) is 12.7 Å². The van der Waals surface area contributed by atoms with Crippen molar-refractivity contribution in [3.8, 4) is 0 Å². The number of aliphatic hydroxyl groups excluding tert-OH is 5. The highest BCUT2D eigenvalue weighted by Crippen LogP contribution is 2.69. The number of phosphoric ester groups is 3. The fourth-order valence-corrected chi connectivity index (χ4v) is 17.3. The van der Waals surface area contributed by atoms with Crippen molar-refractivity contribution in [2.45, 2.75) is 161 Å². The van der Waals surface area contributed by atoms with Crippen molar-refractivity contribution in [2.24, 2.45) is 57.7 Å². The molecule has 7 rings (SSSR count). The number of nitrogens with zero attached hydrogens (tertiary/aromatic N) is 4. The van der Waals surface area contributed by atoms with Gasteiger partial charge in [-0.25, -0.2) is 28.6 Å². The van der Waals surface area contributed by atoms with Crippen LogP contribution in [0.25, 0.3) is 11.2 Å². The van der Waals surface area contributed by atoms with Gasteiger partial charge in [0.25, 0.3) is 0 Å². The van der Waals surface area contributed by atoms with Gasteiger partial charge in [0.15, 0.2) is 22.8 Å². The number of nitrogen functional groups attached to an aromatic ring is 1. The Morgan fingerprint density at radius 3 is 2.35 bits per heavy atom. The van der Waals surface area contributed by atoms with Crippen molar-refractivity contribution in [3.05, 3.63) is 12.7 Å². The lowest BCUT2D eigenvalue weighted by Gasteiger charge is -2.63. The van der Waals surface area contributed by atoms with Gasteiger partial charge in [0, 0.05) is 36.6 Å². The summed E-state index contributed by atoms with van der Waals surface area (Å²) in [5.41, 5.74) is 3.98. The van der Waals surface area contributed by atoms with E-state index in [1.165, 1.54) is 13.8 Å². The number of imidazole rings is 1. The SMILES string of the molecule is CC(CCCC(C)C1CCC2C3C(O)CC4CC(O)CCC4(C)C3CC(O)C12C)C(=O)SCCNC(=O)CCNC(=O)C(O)C(C)(C)COP(=O)(O)OP(=O)(O)OCC1OC(n2cnc3c(N)ncnc32)C(O)C1OP(=O)(O)O. The maximum atomic E-state index is 13.1. The second-order valence-electron chi connectivity index (χ2n) is 23.6. The molecule has 19 atom stereocenters. The molecule has 0 aromatic carbocycles. The van der Waals surface area contributed by atoms with Crippen molar-refractivity contribution in [3.63, 3.8) is 0 Å². The number of anilines is 1. The third-order valence-corrected chi connectivity index (χ3v) is 22.2. The number of carbonyl (C=O) groups is 3. The van der Waals surface area contributed by atoms with E-state index in [4.69, 9.17) is 19.5 Å². The Labute approximate surface area is 462 Å². The molecule has 27 nitrogen and oxygen atoms in total. The summed E-state index contributed by atoms with van der Waals surface area (Å²) in [6, 6.07) is 0. The zero-order valence-corrected chi connectivity index (χ0v) is 48.8. The van der Waals surface area contributed by atoms with Crippen LogP contribution in [0.4, 0.5) is 5.82 Å². The van der Waals surface area contributed by atoms with E-state index in [1.54, 1.807) is 0 Å². The average Bonchev–Trinajstić information content (AvgIpc) is 3.87. The molecule has 1 aliphatic heterocycles. The van der Waals surface area contributed by atoms with E-state index in [0.29, 0.717) is 30.4 Å². The molecule has 3 heterocycles. The smallest absolute Gasteiger partial charge is 0.393 e. The average molecular weight is 1200 g/mol. The third kappa shape index (κ3) is 14.7. The third-order valence-electron chi connectivity index (χ3n) is 18.0. The number of nitrogens with two attached hydrogens (primary N) is 1. The number of nitrogens with one attached hydrogen (secondary N) is 2. The number of hydrogen-bond acceptors (Lipinski definition) is 21. The van der Waals surface area contributed by atoms with E-state index in [2.05, 4.69) is 55.2 Å². The quantitative estimate of drug-likeness (QED) is 0.0502. The summed E-state index contributed by atoms with van der Waals surface area (Å²) in [5.74, 6) is 0.168. The molecule has 0 bridgehead atoms. The predicted octanol–water partition coefficient (Wildman–Crippen LogP) is 3.07. The Balaban J connectivity index is 0.770. The van der Waals surface area contributed by atoms with Gasteiger partial charge in [-0.2, -0.15) is 4.31 Å². The Hall–Kier alpha value is -2.56. The zero-order chi connectivity index (χ0) is 58.2. The molecule has 1 saturated heterocycles. The van der Waals surface area contributed by atoms with Crippen LogP contribution in [0.2, 0.25) is 0 Å². The van der Waals surface area contributed by atoms with E-state index in [0.717, 1.165) is 80.4 Å². The molecule has 4 saturated carbocycles. The molecule has 448 valence electrons. The lowest BCUT2D eigenvalue weighted by molar-refractivity contribution is -0.207. The molecule has 19 unspecified atom stereocenters. The van der Waals surface area contributed by atoms with Gasteiger partial charge in [0.05, 0.1) is 37.9 Å². The van der Waals surface area contributed by atoms with E-state index < -0.39 is 96.8 Å². The maximum Gasteiger partial charge on any atom is 0.481 e. The first-order chi connectivity index (χ1) is 36.8. The largest absolute Gasteiger partial charge is 0.481 e. The van der Waals surface area contributed by atoms with Gasteiger partial charge in [-0.1, -0.05) is 66.1 Å². The first-order valence-electron chi connectivity index (χ1n) is 26.9. The Bertz CT molecular complexity index is 2640. The molecule has 2 aromatic rings. The van der Waals surface area contributed by atoms with Crippen LogP contribution < -0.4 is 16.4 Å². The number of thioether (sulfide) groups is 1. The number of fused-ring (bicyclic) bond motifs is 6. The molecular formula is C48H80N7O20P3S. The van der Waals surface area contributed by atoms with Gasteiger partial charge < -0.3 is 66.2 Å². The molecule has 0 radical (unpaired) electrons. The van der Waals surface area contributed by atoms with Gasteiger partial charge in [0.1, 0.15) is 36.3 Å². The van der Waals surface area contributed by atoms with Gasteiger partial charge in [-0.05, 0) is 97.7 Å². The van der Waals surface area contributed by atoms with E-state index in [9.17, 15) is 73.2 Å². The van der Waals surface area contributed by atoms with Crippen LogP contribution in [-0.2, 0) is 50.7 Å². The molecule has 13 N–H and O–H groups in total. The molecule has 2 aromatic heterocycles. The maximum absolute atomic E-state index is 13.1. The normalized spacial score (nSPS) is 34.6. The standard InChI is InChI=1S/C48H80N7O20P3S/c1-25(29-10-11-30-36-31(20-34(58)48(29,30)6)47(5)14-12-28(56)18-27(47)19-32(36)57)8-7-9-26(2)45(63)79-17-16-50-35(59)13-15-51-43(62)40(61)46(3,4)22-72-78(69,70)75-77(67,68)71-21-33-39(74-76(64,65)66)38(60)44(73-33)55-24-54-37-41(49)52-23-53-42(37)55/h23-34,36,38-40,44,56-58,60-61H,7-22H2,1-6H3,(H,50,59)(H,51,62)(H,67,68)(H,69,70)(H2,49,52,53)(H2,64,65,66). The summed E-state index contributed by atoms with van der Waals surface area (Å²) >= 11 is 1.12. The topological polar surface area (TPSA) is 424 Å². The zero-order valence-electron chi connectivity index (χ0n) is 45.3. The molecule has 2 amide bonds. The molecule has 4 aliphatic carbocycles. The second kappa shape index (κ2) is 25.3. The number of carbonyl (C=O) groups excluding carboxylic acids is 3. The Morgan fingerprint density at radius 1 is 0.937 bits per heavy atom. The summed E-state index contributed by atoms with van der Waals surface area (Å²) in [6.45, 7) is 9.17. The minimum absolute atomic E-state index is 0.00814. The van der Waals surface area contributed by atoms with Crippen LogP contribution in [0.1, 0.15) is 118 Å². The van der Waals surface area contributed by atoms with Gasteiger partial charge >= 0.3 is 23.5 Å². The minimum atomic E-state index is -5.60. The molecular weight excluding hydrogens is 1120 g/mol. The van der Waals surface area contributed by atoms with E-state index >= 15 is 0 Å². The number of rotatable bonds is 25. The summed E-state index contributed by atoms with van der Waals surface area (Å²) in [4.78, 5) is 89.9. The number of phosphoric acid groups is 3. The van der Waals surface area contributed by atoms with Crippen LogP contribution >= 0.6 is 35.2 Å². The highest BCUT2D eigenvalue weighted by Gasteiger charge is 2.66. The number of hydrogen-bond donors (Lipinski definition) is 12. The van der Waals surface area contributed by atoms with Crippen LogP contribution in [0.5, 0.6) is 0 Å². The van der Waals surface area contributed by atoms with Gasteiger partial charge in [-0.15, -0.1) is 0 Å². The van der Waals surface area contributed by atoms with Crippen molar-refractivity contribution < 1.29 is 95.8 Å². The van der Waals surface area contributed by atoms with Crippen molar-refractivity contribution >= 4 is 69.1 Å². The highest BCUT2D eigenvalue weighted by atomic mass is 32.2. The first-order valence-corrected chi connectivity index (χ1v) is 32.4. The van der Waals surface area contributed by atoms with E-state index in [-0.39, 0.29) is 88.1 Å². The number of aliphatic hydroxyl groups is 5. The van der Waals surface area contributed by atoms with Gasteiger partial charge in [0.2, 0.25) is 11.8 Å². The Kier molecular flexibility index (Phi) is 20.5. The highest BCUT2D eigenvalue weighted by molar-refractivity contribution is 8.13. The first kappa shape index (κ1) is 64.0. The summed E-state index contributed by atoms with van der Waals surface area (Å²) in [6.07, 6.45) is 0.0812. The lowest BCUT2D eigenvalue weighted by atomic mass is 9.43. The van der Waals surface area contributed by atoms with Crippen molar-refractivity contribution in [2.75, 3.05) is 37.8 Å². The minimum Gasteiger partial charge on any atom is -0.393 e. The van der Waals surface area contributed by atoms with Crippen molar-refractivity contribution in [1.82, 2.24) is 30.2 Å².